The molecule has 132 valence electrons. The molecule has 0 saturated carbocycles. The van der Waals surface area contributed by atoms with E-state index in [1.807, 2.05) is 60.7 Å². The molecule has 0 bridgehead atoms. The summed E-state index contributed by atoms with van der Waals surface area (Å²) in [6.07, 6.45) is 0. The van der Waals surface area contributed by atoms with Gasteiger partial charge in [-0.3, -0.25) is 0 Å². The lowest BCUT2D eigenvalue weighted by Crippen LogP contribution is -1.95. The van der Waals surface area contributed by atoms with Crippen LogP contribution in [-0.2, 0) is 0 Å². The third-order valence-electron chi connectivity index (χ3n) is 4.21. The summed E-state index contributed by atoms with van der Waals surface area (Å²) in [6, 6.07) is 25.4. The van der Waals surface area contributed by atoms with Crippen LogP contribution in [-0.4, -0.2) is 10.2 Å². The average molecular weight is 456 g/mol. The zero-order valence-corrected chi connectivity index (χ0v) is 17.1. The van der Waals surface area contributed by atoms with E-state index in [9.17, 15) is 0 Å². The molecular weight excluding hydrogens is 443 g/mol. The molecule has 0 atom stereocenters. The van der Waals surface area contributed by atoms with Gasteiger partial charge in [-0.15, -0.1) is 10.2 Å². The normalized spacial score (nSPS) is 10.8. The van der Waals surface area contributed by atoms with E-state index in [0.29, 0.717) is 10.0 Å². The van der Waals surface area contributed by atoms with Crippen molar-refractivity contribution in [1.82, 2.24) is 10.2 Å². The van der Waals surface area contributed by atoms with Crippen LogP contribution in [0.15, 0.2) is 83.3 Å². The molecule has 0 fully saturated rings. The maximum Gasteiger partial charge on any atom is 0.101 e. The fourth-order valence-corrected chi connectivity index (χ4v) is 3.34. The van der Waals surface area contributed by atoms with E-state index < -0.39 is 0 Å². The minimum atomic E-state index is 0.690. The first-order valence-corrected chi connectivity index (χ1v) is 9.80. The SMILES string of the molecule is Clc1ccc(-c2cc(-c3ccc(Br)cc3)c(-c3ccc(Cl)cc3)nn2)cc1. The predicted octanol–water partition coefficient (Wildman–Crippen LogP) is 7.55. The summed E-state index contributed by atoms with van der Waals surface area (Å²) in [5.41, 5.74) is 5.60. The maximum absolute atomic E-state index is 6.04. The Labute approximate surface area is 175 Å². The summed E-state index contributed by atoms with van der Waals surface area (Å²) >= 11 is 15.5. The van der Waals surface area contributed by atoms with Crippen LogP contribution >= 0.6 is 39.1 Å². The van der Waals surface area contributed by atoms with Crippen LogP contribution in [0.4, 0.5) is 0 Å². The third kappa shape index (κ3) is 4.06. The number of nitrogens with zero attached hydrogens (tertiary/aromatic N) is 2. The lowest BCUT2D eigenvalue weighted by Gasteiger charge is -2.11. The van der Waals surface area contributed by atoms with Gasteiger partial charge in [0.2, 0.25) is 0 Å². The van der Waals surface area contributed by atoms with E-state index in [-0.39, 0.29) is 0 Å². The molecule has 0 amide bonds. The third-order valence-corrected chi connectivity index (χ3v) is 5.24. The zero-order chi connectivity index (χ0) is 18.8. The second kappa shape index (κ2) is 7.81. The van der Waals surface area contributed by atoms with Gasteiger partial charge in [0.05, 0.1) is 5.69 Å². The van der Waals surface area contributed by atoms with E-state index in [0.717, 1.165) is 38.1 Å². The second-order valence-electron chi connectivity index (χ2n) is 6.01. The van der Waals surface area contributed by atoms with Crippen molar-refractivity contribution in [3.8, 4) is 33.6 Å². The Morgan fingerprint density at radius 2 is 1.11 bits per heavy atom. The van der Waals surface area contributed by atoms with Crippen LogP contribution < -0.4 is 0 Å². The van der Waals surface area contributed by atoms with Gasteiger partial charge in [0.25, 0.3) is 0 Å². The Hall–Kier alpha value is -2.20. The van der Waals surface area contributed by atoms with Crippen molar-refractivity contribution in [2.75, 3.05) is 0 Å². The van der Waals surface area contributed by atoms with E-state index in [4.69, 9.17) is 23.2 Å². The Kier molecular flexibility index (Phi) is 5.26. The van der Waals surface area contributed by atoms with Crippen LogP contribution in [0.2, 0.25) is 10.0 Å². The van der Waals surface area contributed by atoms with Gasteiger partial charge in [0.15, 0.2) is 0 Å². The van der Waals surface area contributed by atoms with Crippen LogP contribution in [0, 0.1) is 0 Å². The Morgan fingerprint density at radius 3 is 1.70 bits per heavy atom. The Morgan fingerprint density at radius 1 is 0.593 bits per heavy atom. The van der Waals surface area contributed by atoms with Gasteiger partial charge in [0.1, 0.15) is 5.69 Å². The van der Waals surface area contributed by atoms with Gasteiger partial charge >= 0.3 is 0 Å². The van der Waals surface area contributed by atoms with Gasteiger partial charge in [-0.05, 0) is 48.0 Å². The average Bonchev–Trinajstić information content (AvgIpc) is 2.69. The van der Waals surface area contributed by atoms with Crippen molar-refractivity contribution in [1.29, 1.82) is 0 Å². The molecule has 0 spiro atoms. The molecule has 4 aromatic rings. The van der Waals surface area contributed by atoms with Crippen molar-refractivity contribution in [3.63, 3.8) is 0 Å². The van der Waals surface area contributed by atoms with Gasteiger partial charge in [-0.1, -0.05) is 75.5 Å². The molecule has 3 aromatic carbocycles. The number of hydrogen-bond donors (Lipinski definition) is 0. The fraction of sp³-hybridized carbons (Fsp3) is 0. The van der Waals surface area contributed by atoms with E-state index in [1.165, 1.54) is 0 Å². The lowest BCUT2D eigenvalue weighted by atomic mass is 9.98. The molecule has 2 nitrogen and oxygen atoms in total. The van der Waals surface area contributed by atoms with Crippen LogP contribution in [0.5, 0.6) is 0 Å². The highest BCUT2D eigenvalue weighted by Crippen LogP contribution is 2.34. The topological polar surface area (TPSA) is 25.8 Å². The van der Waals surface area contributed by atoms with Crippen LogP contribution in [0.1, 0.15) is 0 Å². The molecule has 0 radical (unpaired) electrons. The van der Waals surface area contributed by atoms with Gasteiger partial charge in [-0.2, -0.15) is 0 Å². The first kappa shape index (κ1) is 18.2. The first-order valence-electron chi connectivity index (χ1n) is 8.26. The van der Waals surface area contributed by atoms with Gasteiger partial charge < -0.3 is 0 Å². The van der Waals surface area contributed by atoms with E-state index >= 15 is 0 Å². The quantitative estimate of drug-likeness (QED) is 0.318. The summed E-state index contributed by atoms with van der Waals surface area (Å²) in [6.45, 7) is 0. The van der Waals surface area contributed by atoms with Crippen molar-refractivity contribution in [2.24, 2.45) is 0 Å². The first-order chi connectivity index (χ1) is 13.1. The number of halogens is 3. The highest BCUT2D eigenvalue weighted by molar-refractivity contribution is 9.10. The second-order valence-corrected chi connectivity index (χ2v) is 7.80. The molecule has 4 rings (SSSR count). The molecule has 0 aliphatic rings. The largest absolute Gasteiger partial charge is 0.150 e. The summed E-state index contributed by atoms with van der Waals surface area (Å²) in [4.78, 5) is 0. The summed E-state index contributed by atoms with van der Waals surface area (Å²) < 4.78 is 1.03. The molecule has 1 aromatic heterocycles. The van der Waals surface area contributed by atoms with Crippen molar-refractivity contribution in [2.45, 2.75) is 0 Å². The van der Waals surface area contributed by atoms with E-state index in [2.05, 4.69) is 44.3 Å². The summed E-state index contributed by atoms with van der Waals surface area (Å²) in [5, 5.41) is 10.4. The van der Waals surface area contributed by atoms with Crippen LogP contribution in [0.3, 0.4) is 0 Å². The molecule has 0 unspecified atom stereocenters. The summed E-state index contributed by atoms with van der Waals surface area (Å²) in [5.74, 6) is 0. The molecule has 0 saturated heterocycles. The van der Waals surface area contributed by atoms with Crippen LogP contribution in [0.25, 0.3) is 33.6 Å². The Bertz CT molecular complexity index is 1080. The van der Waals surface area contributed by atoms with Gasteiger partial charge in [0, 0.05) is 31.2 Å². The molecule has 5 heteroatoms. The van der Waals surface area contributed by atoms with E-state index in [1.54, 1.807) is 0 Å². The zero-order valence-electron chi connectivity index (χ0n) is 14.0. The minimum absolute atomic E-state index is 0.690. The highest BCUT2D eigenvalue weighted by atomic mass is 79.9. The lowest BCUT2D eigenvalue weighted by molar-refractivity contribution is 1.05. The molecule has 0 N–H and O–H groups in total. The minimum Gasteiger partial charge on any atom is -0.150 e. The number of rotatable bonds is 3. The van der Waals surface area contributed by atoms with Crippen molar-refractivity contribution >= 4 is 39.1 Å². The van der Waals surface area contributed by atoms with Crippen molar-refractivity contribution < 1.29 is 0 Å². The molecule has 0 aliphatic carbocycles. The standard InChI is InChI=1S/C22H13BrCl2N2/c23-17-7-1-14(2-8-17)20-13-21(15-3-9-18(24)10-4-15)26-27-22(20)16-5-11-19(25)12-6-16/h1-13H. The predicted molar refractivity (Wildman–Crippen MR) is 116 cm³/mol. The summed E-state index contributed by atoms with van der Waals surface area (Å²) in [7, 11) is 0. The molecule has 1 heterocycles. The van der Waals surface area contributed by atoms with Crippen molar-refractivity contribution in [3.05, 3.63) is 93.4 Å². The highest BCUT2D eigenvalue weighted by Gasteiger charge is 2.13. The number of hydrogen-bond acceptors (Lipinski definition) is 2. The number of aromatic nitrogens is 2. The molecule has 0 aliphatic heterocycles. The molecular formula is C22H13BrCl2N2. The Balaban J connectivity index is 1.89. The maximum atomic E-state index is 6.04. The number of benzene rings is 3. The fourth-order valence-electron chi connectivity index (χ4n) is 2.82. The monoisotopic (exact) mass is 454 g/mol. The smallest absolute Gasteiger partial charge is 0.101 e. The molecule has 27 heavy (non-hydrogen) atoms. The van der Waals surface area contributed by atoms with Gasteiger partial charge in [-0.25, -0.2) is 0 Å².